The molecule has 2 heterocycles. The monoisotopic (exact) mass is 527 g/mol. The second-order valence-corrected chi connectivity index (χ2v) is 10.0. The molecular weight excluding hydrogens is 503 g/mol. The number of guanidine groups is 1. The molecule has 0 spiro atoms. The van der Waals surface area contributed by atoms with E-state index in [0.29, 0.717) is 10.9 Å². The van der Waals surface area contributed by atoms with E-state index in [1.807, 2.05) is 24.3 Å². The third kappa shape index (κ3) is 6.20. The first-order valence-electron chi connectivity index (χ1n) is 11.1. The van der Waals surface area contributed by atoms with Crippen LogP contribution in [0.5, 0.6) is 0 Å². The molecular formula is C25H24F3N7OS. The number of halogens is 3. The number of anilines is 1. The quantitative estimate of drug-likeness (QED) is 0.166. The Balaban J connectivity index is 1.68. The fraction of sp³-hybridized carbons (Fsp3) is 0.200. The Labute approximate surface area is 215 Å². The summed E-state index contributed by atoms with van der Waals surface area (Å²) in [6.45, 7) is 4.13. The van der Waals surface area contributed by atoms with E-state index in [1.165, 1.54) is 24.4 Å². The van der Waals surface area contributed by atoms with Crippen molar-refractivity contribution in [3.05, 3.63) is 65.9 Å². The molecule has 0 radical (unpaired) electrons. The van der Waals surface area contributed by atoms with Crippen LogP contribution in [0.4, 0.5) is 19.0 Å². The summed E-state index contributed by atoms with van der Waals surface area (Å²) in [5, 5.41) is 4.30. The number of nitrogens with two attached hydrogens (primary N) is 3. The van der Waals surface area contributed by atoms with Crippen molar-refractivity contribution in [3.8, 4) is 34.0 Å². The SMILES string of the molecule is CC(C)Sc1ccc(-c2cnc(N)c(-c3cc(-c4ccc(CN=C(N)N)cc4C(F)(F)F)no3)n2)cc1. The zero-order valence-corrected chi connectivity index (χ0v) is 20.8. The van der Waals surface area contributed by atoms with Gasteiger partial charge in [-0.05, 0) is 23.8 Å². The van der Waals surface area contributed by atoms with E-state index in [0.717, 1.165) is 16.5 Å². The van der Waals surface area contributed by atoms with Gasteiger partial charge in [-0.3, -0.25) is 0 Å². The van der Waals surface area contributed by atoms with Gasteiger partial charge in [-0.15, -0.1) is 11.8 Å². The van der Waals surface area contributed by atoms with Gasteiger partial charge in [0, 0.05) is 27.3 Å². The van der Waals surface area contributed by atoms with Gasteiger partial charge in [-0.1, -0.05) is 43.3 Å². The predicted octanol–water partition coefficient (Wildman–Crippen LogP) is 5.34. The maximum atomic E-state index is 13.9. The second-order valence-electron chi connectivity index (χ2n) is 8.38. The summed E-state index contributed by atoms with van der Waals surface area (Å²) in [5.74, 6) is -0.0707. The molecule has 0 atom stereocenters. The summed E-state index contributed by atoms with van der Waals surface area (Å²) in [6.07, 6.45) is -3.13. The lowest BCUT2D eigenvalue weighted by atomic mass is 10.0. The van der Waals surface area contributed by atoms with Crippen molar-refractivity contribution < 1.29 is 17.7 Å². The summed E-state index contributed by atoms with van der Waals surface area (Å²) in [7, 11) is 0. The minimum Gasteiger partial charge on any atom is -0.382 e. The largest absolute Gasteiger partial charge is 0.417 e. The van der Waals surface area contributed by atoms with Crippen molar-refractivity contribution in [1.29, 1.82) is 0 Å². The van der Waals surface area contributed by atoms with Crippen LogP contribution in [0, 0.1) is 0 Å². The molecule has 12 heteroatoms. The topological polar surface area (TPSA) is 142 Å². The molecule has 37 heavy (non-hydrogen) atoms. The lowest BCUT2D eigenvalue weighted by Crippen LogP contribution is -2.22. The highest BCUT2D eigenvalue weighted by Gasteiger charge is 2.35. The van der Waals surface area contributed by atoms with Gasteiger partial charge in [-0.2, -0.15) is 13.2 Å². The smallest absolute Gasteiger partial charge is 0.382 e. The minimum atomic E-state index is -4.65. The number of alkyl halides is 3. The van der Waals surface area contributed by atoms with Crippen LogP contribution >= 0.6 is 11.8 Å². The van der Waals surface area contributed by atoms with Crippen LogP contribution in [0.3, 0.4) is 0 Å². The third-order valence-electron chi connectivity index (χ3n) is 5.18. The van der Waals surface area contributed by atoms with Crippen LogP contribution in [0.15, 0.2) is 69.1 Å². The standard InChI is InChI=1S/C25H24F3N7OS/c1-13(2)37-16-6-4-15(5-7-16)20-12-32-23(29)22(34-20)21-10-19(35-36-21)17-8-3-14(11-33-24(30)31)9-18(17)25(26,27)28/h3-10,12-13H,11H2,1-2H3,(H2,29,32)(H4,30,31,33). The summed E-state index contributed by atoms with van der Waals surface area (Å²) in [4.78, 5) is 13.6. The van der Waals surface area contributed by atoms with Crippen LogP contribution in [0.2, 0.25) is 0 Å². The first-order chi connectivity index (χ1) is 17.5. The highest BCUT2D eigenvalue weighted by molar-refractivity contribution is 7.99. The molecule has 0 fully saturated rings. The molecule has 0 bridgehead atoms. The van der Waals surface area contributed by atoms with Gasteiger partial charge in [0.05, 0.1) is 24.0 Å². The summed E-state index contributed by atoms with van der Waals surface area (Å²) >= 11 is 1.74. The highest BCUT2D eigenvalue weighted by Crippen LogP contribution is 2.39. The number of aliphatic imine (C=N–C) groups is 1. The molecule has 192 valence electrons. The molecule has 0 unspecified atom stereocenters. The number of hydrogen-bond acceptors (Lipinski definition) is 7. The van der Waals surface area contributed by atoms with Crippen molar-refractivity contribution in [3.63, 3.8) is 0 Å². The number of hydrogen-bond donors (Lipinski definition) is 3. The number of aromatic nitrogens is 3. The maximum Gasteiger partial charge on any atom is 0.417 e. The van der Waals surface area contributed by atoms with Gasteiger partial charge >= 0.3 is 6.18 Å². The zero-order valence-electron chi connectivity index (χ0n) is 20.0. The van der Waals surface area contributed by atoms with Crippen molar-refractivity contribution in [2.24, 2.45) is 16.5 Å². The maximum absolute atomic E-state index is 13.9. The average Bonchev–Trinajstić information content (AvgIpc) is 3.32. The minimum absolute atomic E-state index is 0.0302. The molecule has 0 saturated heterocycles. The first-order valence-corrected chi connectivity index (χ1v) is 12.0. The van der Waals surface area contributed by atoms with E-state index >= 15 is 0 Å². The third-order valence-corrected chi connectivity index (χ3v) is 6.19. The summed E-state index contributed by atoms with van der Waals surface area (Å²) in [6, 6.07) is 12.9. The molecule has 4 rings (SSSR count). The molecule has 0 aliphatic carbocycles. The van der Waals surface area contributed by atoms with Crippen molar-refractivity contribution in [1.82, 2.24) is 15.1 Å². The molecule has 6 N–H and O–H groups in total. The van der Waals surface area contributed by atoms with Crippen molar-refractivity contribution in [2.75, 3.05) is 5.73 Å². The van der Waals surface area contributed by atoms with Gasteiger partial charge in [0.2, 0.25) is 0 Å². The van der Waals surface area contributed by atoms with Gasteiger partial charge in [0.1, 0.15) is 5.69 Å². The molecule has 0 aliphatic rings. The Morgan fingerprint density at radius 2 is 1.78 bits per heavy atom. The Morgan fingerprint density at radius 1 is 1.05 bits per heavy atom. The number of nitrogen functional groups attached to an aromatic ring is 1. The molecule has 8 nitrogen and oxygen atoms in total. The fourth-order valence-corrected chi connectivity index (χ4v) is 4.38. The second kappa shape index (κ2) is 10.5. The molecule has 2 aromatic carbocycles. The van der Waals surface area contributed by atoms with E-state index in [4.69, 9.17) is 21.7 Å². The zero-order chi connectivity index (χ0) is 26.7. The van der Waals surface area contributed by atoms with Crippen molar-refractivity contribution in [2.45, 2.75) is 36.7 Å². The average molecular weight is 528 g/mol. The molecule has 4 aromatic rings. The van der Waals surface area contributed by atoms with Crippen LogP contribution in [0.1, 0.15) is 25.0 Å². The lowest BCUT2D eigenvalue weighted by Gasteiger charge is -2.12. The van der Waals surface area contributed by atoms with Crippen LogP contribution < -0.4 is 17.2 Å². The number of rotatable bonds is 7. The van der Waals surface area contributed by atoms with Gasteiger partial charge < -0.3 is 21.7 Å². The van der Waals surface area contributed by atoms with E-state index in [9.17, 15) is 13.2 Å². The fourth-order valence-electron chi connectivity index (χ4n) is 3.54. The lowest BCUT2D eigenvalue weighted by molar-refractivity contribution is -0.137. The number of nitrogens with zero attached hydrogens (tertiary/aromatic N) is 4. The summed E-state index contributed by atoms with van der Waals surface area (Å²) < 4.78 is 46.9. The van der Waals surface area contributed by atoms with Gasteiger partial charge in [0.25, 0.3) is 0 Å². The van der Waals surface area contributed by atoms with Gasteiger partial charge in [0.15, 0.2) is 23.2 Å². The van der Waals surface area contributed by atoms with E-state index in [2.05, 4.69) is 34.0 Å². The normalized spacial score (nSPS) is 11.6. The van der Waals surface area contributed by atoms with Crippen LogP contribution in [-0.2, 0) is 12.7 Å². The van der Waals surface area contributed by atoms with Crippen molar-refractivity contribution >= 4 is 23.5 Å². The van der Waals surface area contributed by atoms with E-state index in [1.54, 1.807) is 11.8 Å². The molecule has 0 amide bonds. The molecule has 0 aliphatic heterocycles. The Bertz CT molecular complexity index is 1430. The Kier molecular flexibility index (Phi) is 7.39. The summed E-state index contributed by atoms with van der Waals surface area (Å²) in [5.41, 5.74) is 17.3. The van der Waals surface area contributed by atoms with Crippen LogP contribution in [-0.4, -0.2) is 26.3 Å². The highest BCUT2D eigenvalue weighted by atomic mass is 32.2. The number of benzene rings is 2. The molecule has 0 saturated carbocycles. The first kappa shape index (κ1) is 26.0. The van der Waals surface area contributed by atoms with E-state index in [-0.39, 0.29) is 46.6 Å². The number of thioether (sulfide) groups is 1. The predicted molar refractivity (Wildman–Crippen MR) is 138 cm³/mol. The Hall–Kier alpha value is -4.06. The van der Waals surface area contributed by atoms with Gasteiger partial charge in [-0.25, -0.2) is 15.0 Å². The van der Waals surface area contributed by atoms with E-state index < -0.39 is 11.7 Å². The molecule has 2 aromatic heterocycles. The van der Waals surface area contributed by atoms with Crippen LogP contribution in [0.25, 0.3) is 34.0 Å². The Morgan fingerprint density at radius 3 is 2.43 bits per heavy atom.